The summed E-state index contributed by atoms with van der Waals surface area (Å²) >= 11 is 0. The van der Waals surface area contributed by atoms with Crippen LogP contribution in [-0.2, 0) is 6.61 Å². The van der Waals surface area contributed by atoms with E-state index in [-0.39, 0.29) is 12.6 Å². The predicted octanol–water partition coefficient (Wildman–Crippen LogP) is 1.01. The Balaban J connectivity index is 1.66. The van der Waals surface area contributed by atoms with Crippen molar-refractivity contribution < 1.29 is 9.50 Å². The van der Waals surface area contributed by atoms with Crippen LogP contribution in [0.1, 0.15) is 5.56 Å². The summed E-state index contributed by atoms with van der Waals surface area (Å²) < 4.78 is 15.6. The van der Waals surface area contributed by atoms with Crippen LogP contribution in [0.4, 0.5) is 10.3 Å². The fourth-order valence-corrected chi connectivity index (χ4v) is 2.84. The molecule has 24 heavy (non-hydrogen) atoms. The van der Waals surface area contributed by atoms with Crippen LogP contribution < -0.4 is 10.6 Å². The molecule has 3 aromatic rings. The maximum absolute atomic E-state index is 13.7. The van der Waals surface area contributed by atoms with Crippen LogP contribution in [0.25, 0.3) is 17.0 Å². The number of aliphatic hydroxyl groups is 1. The van der Waals surface area contributed by atoms with Crippen molar-refractivity contribution in [2.24, 2.45) is 0 Å². The standard InChI is InChI=1S/C16H17FN6O/c17-11-6-18-7-13(11)22-16-19-3-1-12(21-16)14-8-20-15-5-10(9-24)2-4-23(14)15/h1-5,8,11,13,18,24H,6-7,9H2,(H,19,21,22)/t11-,13-/m0/s1. The molecular formula is C16H17FN6O. The number of aliphatic hydroxyl groups excluding tert-OH is 1. The Kier molecular flexibility index (Phi) is 3.83. The lowest BCUT2D eigenvalue weighted by atomic mass is 10.2. The monoisotopic (exact) mass is 328 g/mol. The van der Waals surface area contributed by atoms with Gasteiger partial charge in [-0.3, -0.25) is 4.40 Å². The normalized spacial score (nSPS) is 20.6. The van der Waals surface area contributed by atoms with Crippen molar-refractivity contribution in [1.29, 1.82) is 0 Å². The Labute approximate surface area is 137 Å². The molecule has 8 heteroatoms. The van der Waals surface area contributed by atoms with Gasteiger partial charge in [0.25, 0.3) is 0 Å². The molecule has 0 bridgehead atoms. The summed E-state index contributed by atoms with van der Waals surface area (Å²) in [5.41, 5.74) is 3.03. The number of halogens is 1. The minimum atomic E-state index is -0.954. The van der Waals surface area contributed by atoms with Gasteiger partial charge in [-0.1, -0.05) is 0 Å². The van der Waals surface area contributed by atoms with Gasteiger partial charge in [-0.15, -0.1) is 0 Å². The van der Waals surface area contributed by atoms with Gasteiger partial charge in [-0.25, -0.2) is 19.3 Å². The van der Waals surface area contributed by atoms with Gasteiger partial charge < -0.3 is 15.7 Å². The van der Waals surface area contributed by atoms with Gasteiger partial charge in [0.15, 0.2) is 0 Å². The Morgan fingerprint density at radius 3 is 3.04 bits per heavy atom. The van der Waals surface area contributed by atoms with Crippen molar-refractivity contribution in [2.45, 2.75) is 18.8 Å². The van der Waals surface area contributed by atoms with Gasteiger partial charge in [0.05, 0.1) is 30.2 Å². The highest BCUT2D eigenvalue weighted by molar-refractivity contribution is 5.61. The van der Waals surface area contributed by atoms with Crippen LogP contribution in [0.5, 0.6) is 0 Å². The molecule has 1 saturated heterocycles. The first-order valence-electron chi connectivity index (χ1n) is 7.76. The lowest BCUT2D eigenvalue weighted by molar-refractivity contribution is 0.282. The van der Waals surface area contributed by atoms with Gasteiger partial charge in [0, 0.05) is 25.5 Å². The highest BCUT2D eigenvalue weighted by Crippen LogP contribution is 2.21. The average Bonchev–Trinajstić information content (AvgIpc) is 3.21. The number of nitrogens with zero attached hydrogens (tertiary/aromatic N) is 4. The molecule has 1 aliphatic heterocycles. The summed E-state index contributed by atoms with van der Waals surface area (Å²) in [4.78, 5) is 13.0. The van der Waals surface area contributed by atoms with Gasteiger partial charge >= 0.3 is 0 Å². The molecule has 1 fully saturated rings. The third-order valence-electron chi connectivity index (χ3n) is 4.13. The van der Waals surface area contributed by atoms with E-state index in [1.807, 2.05) is 22.7 Å². The smallest absolute Gasteiger partial charge is 0.223 e. The van der Waals surface area contributed by atoms with Crippen LogP contribution in [0.3, 0.4) is 0 Å². The number of imidazole rings is 1. The lowest BCUT2D eigenvalue weighted by Crippen LogP contribution is -2.30. The highest BCUT2D eigenvalue weighted by atomic mass is 19.1. The number of anilines is 1. The van der Waals surface area contributed by atoms with E-state index >= 15 is 0 Å². The molecule has 0 unspecified atom stereocenters. The summed E-state index contributed by atoms with van der Waals surface area (Å²) in [6.07, 6.45) is 4.25. The number of hydrogen-bond acceptors (Lipinski definition) is 6. The molecule has 0 saturated carbocycles. The Bertz CT molecular complexity index is 867. The van der Waals surface area contributed by atoms with Crippen molar-refractivity contribution in [1.82, 2.24) is 24.7 Å². The van der Waals surface area contributed by atoms with Crippen molar-refractivity contribution in [2.75, 3.05) is 18.4 Å². The SMILES string of the molecule is OCc1ccn2c(-c3ccnc(N[C@H]4CNC[C@@H]4F)n3)cnc2c1. The van der Waals surface area contributed by atoms with E-state index in [0.29, 0.717) is 24.7 Å². The molecule has 3 aromatic heterocycles. The molecule has 3 N–H and O–H groups in total. The zero-order chi connectivity index (χ0) is 16.5. The molecule has 2 atom stereocenters. The van der Waals surface area contributed by atoms with Crippen molar-refractivity contribution in [3.63, 3.8) is 0 Å². The topological polar surface area (TPSA) is 87.4 Å². The van der Waals surface area contributed by atoms with Crippen LogP contribution >= 0.6 is 0 Å². The van der Waals surface area contributed by atoms with Crippen LogP contribution in [-0.4, -0.2) is 49.8 Å². The fraction of sp³-hybridized carbons (Fsp3) is 0.312. The molecular weight excluding hydrogens is 311 g/mol. The summed E-state index contributed by atoms with van der Waals surface area (Å²) in [5, 5.41) is 15.2. The number of nitrogens with one attached hydrogen (secondary N) is 2. The minimum absolute atomic E-state index is 0.0277. The summed E-state index contributed by atoms with van der Waals surface area (Å²) in [7, 11) is 0. The van der Waals surface area contributed by atoms with Gasteiger partial charge in [0.2, 0.25) is 5.95 Å². The van der Waals surface area contributed by atoms with E-state index in [4.69, 9.17) is 0 Å². The third-order valence-corrected chi connectivity index (χ3v) is 4.13. The molecule has 0 amide bonds. The molecule has 0 aromatic carbocycles. The Morgan fingerprint density at radius 2 is 2.25 bits per heavy atom. The fourth-order valence-electron chi connectivity index (χ4n) is 2.84. The zero-order valence-electron chi connectivity index (χ0n) is 12.9. The maximum atomic E-state index is 13.7. The molecule has 4 heterocycles. The predicted molar refractivity (Wildman–Crippen MR) is 87.3 cm³/mol. The molecule has 7 nitrogen and oxygen atoms in total. The maximum Gasteiger partial charge on any atom is 0.223 e. The summed E-state index contributed by atoms with van der Waals surface area (Å²) in [6.45, 7) is 0.867. The number of pyridine rings is 1. The van der Waals surface area contributed by atoms with Crippen molar-refractivity contribution in [3.05, 3.63) is 42.4 Å². The van der Waals surface area contributed by atoms with Crippen LogP contribution in [0.15, 0.2) is 36.8 Å². The number of aromatic nitrogens is 4. The highest BCUT2D eigenvalue weighted by Gasteiger charge is 2.27. The second kappa shape index (κ2) is 6.14. The number of rotatable bonds is 4. The molecule has 0 spiro atoms. The number of fused-ring (bicyclic) bond motifs is 1. The number of hydrogen-bond donors (Lipinski definition) is 3. The Morgan fingerprint density at radius 1 is 1.33 bits per heavy atom. The first kappa shape index (κ1) is 15.0. The Hall–Kier alpha value is -2.58. The largest absolute Gasteiger partial charge is 0.392 e. The quantitative estimate of drug-likeness (QED) is 0.662. The van der Waals surface area contributed by atoms with Gasteiger partial charge in [-0.2, -0.15) is 0 Å². The van der Waals surface area contributed by atoms with Gasteiger partial charge in [0.1, 0.15) is 11.8 Å². The van der Waals surface area contributed by atoms with Crippen molar-refractivity contribution in [3.8, 4) is 11.4 Å². The first-order valence-corrected chi connectivity index (χ1v) is 7.76. The zero-order valence-corrected chi connectivity index (χ0v) is 12.9. The van der Waals surface area contributed by atoms with E-state index in [1.54, 1.807) is 18.5 Å². The van der Waals surface area contributed by atoms with E-state index in [2.05, 4.69) is 25.6 Å². The van der Waals surface area contributed by atoms with E-state index in [9.17, 15) is 9.50 Å². The lowest BCUT2D eigenvalue weighted by Gasteiger charge is -2.14. The summed E-state index contributed by atoms with van der Waals surface area (Å²) in [5.74, 6) is 0.394. The van der Waals surface area contributed by atoms with Crippen LogP contribution in [0.2, 0.25) is 0 Å². The second-order valence-corrected chi connectivity index (χ2v) is 5.76. The summed E-state index contributed by atoms with van der Waals surface area (Å²) in [6, 6.07) is 5.11. The first-order chi connectivity index (χ1) is 11.7. The molecule has 1 aliphatic rings. The van der Waals surface area contributed by atoms with Crippen LogP contribution in [0, 0.1) is 0 Å². The van der Waals surface area contributed by atoms with E-state index in [1.165, 1.54) is 0 Å². The molecule has 0 radical (unpaired) electrons. The minimum Gasteiger partial charge on any atom is -0.392 e. The van der Waals surface area contributed by atoms with Gasteiger partial charge in [-0.05, 0) is 23.8 Å². The molecule has 124 valence electrons. The van der Waals surface area contributed by atoms with E-state index < -0.39 is 6.17 Å². The second-order valence-electron chi connectivity index (χ2n) is 5.76. The molecule has 4 rings (SSSR count). The average molecular weight is 328 g/mol. The number of alkyl halides is 1. The van der Waals surface area contributed by atoms with E-state index in [0.717, 1.165) is 16.9 Å². The third kappa shape index (κ3) is 2.70. The molecule has 0 aliphatic carbocycles. The van der Waals surface area contributed by atoms with Crippen molar-refractivity contribution >= 4 is 11.6 Å².